The van der Waals surface area contributed by atoms with Crippen molar-refractivity contribution in [3.8, 4) is 22.3 Å². The highest BCUT2D eigenvalue weighted by atomic mass is 16.3. The molecule has 0 saturated carbocycles. The fourth-order valence-corrected chi connectivity index (χ4v) is 4.72. The number of carbonyl (C=O) groups is 1. The fraction of sp³-hybridized carbons (Fsp3) is 0.308. The molecule has 2 aromatic carbocycles. The first-order valence-electron chi connectivity index (χ1n) is 11.4. The average molecular weight is 444 g/mol. The molecular formula is C26H29N5O2. The normalized spacial score (nSPS) is 18.2. The van der Waals surface area contributed by atoms with Gasteiger partial charge < -0.3 is 20.6 Å². The van der Waals surface area contributed by atoms with Crippen LogP contribution in [-0.4, -0.2) is 53.6 Å². The molecule has 1 unspecified atom stereocenters. The zero-order valence-electron chi connectivity index (χ0n) is 18.8. The second-order valence-electron chi connectivity index (χ2n) is 8.72. The predicted molar refractivity (Wildman–Crippen MR) is 131 cm³/mol. The van der Waals surface area contributed by atoms with Crippen LogP contribution in [0.25, 0.3) is 22.3 Å². The molecule has 33 heavy (non-hydrogen) atoms. The Hall–Kier alpha value is -3.42. The predicted octanol–water partition coefficient (Wildman–Crippen LogP) is 2.80. The molecule has 1 fully saturated rings. The Morgan fingerprint density at radius 2 is 1.76 bits per heavy atom. The number of anilines is 2. The average Bonchev–Trinajstić information content (AvgIpc) is 2.84. The Morgan fingerprint density at radius 1 is 1.03 bits per heavy atom. The molecule has 7 nitrogen and oxygen atoms in total. The molecule has 0 bridgehead atoms. The number of carbonyl (C=O) groups excluding carboxylic acids is 1. The molecule has 0 aliphatic carbocycles. The summed E-state index contributed by atoms with van der Waals surface area (Å²) in [5, 5.41) is 13.2. The molecule has 170 valence electrons. The second-order valence-corrected chi connectivity index (χ2v) is 8.72. The molecule has 2 aliphatic rings. The molecule has 0 radical (unpaired) electrons. The van der Waals surface area contributed by atoms with Crippen LogP contribution in [0.1, 0.15) is 24.3 Å². The molecule has 7 heteroatoms. The smallest absolute Gasteiger partial charge is 0.219 e. The van der Waals surface area contributed by atoms with Gasteiger partial charge in [0, 0.05) is 62.7 Å². The van der Waals surface area contributed by atoms with Crippen molar-refractivity contribution in [1.82, 2.24) is 15.2 Å². The number of benzene rings is 2. The summed E-state index contributed by atoms with van der Waals surface area (Å²) in [6.45, 7) is 5.59. The van der Waals surface area contributed by atoms with Crippen LogP contribution in [0, 0.1) is 0 Å². The molecule has 3 heterocycles. The van der Waals surface area contributed by atoms with Gasteiger partial charge in [-0.2, -0.15) is 0 Å². The molecule has 1 atom stereocenters. The van der Waals surface area contributed by atoms with Gasteiger partial charge in [0.05, 0.1) is 0 Å². The van der Waals surface area contributed by atoms with Crippen molar-refractivity contribution in [3.63, 3.8) is 0 Å². The minimum atomic E-state index is -0.617. The molecule has 1 amide bonds. The molecule has 5 rings (SSSR count). The van der Waals surface area contributed by atoms with Gasteiger partial charge in [0.25, 0.3) is 0 Å². The number of rotatable bonds is 3. The molecule has 4 N–H and O–H groups in total. The van der Waals surface area contributed by atoms with Crippen LogP contribution in [0.3, 0.4) is 0 Å². The summed E-state index contributed by atoms with van der Waals surface area (Å²) in [5.41, 5.74) is 13.5. The summed E-state index contributed by atoms with van der Waals surface area (Å²) in [6.07, 6.45) is 2.06. The molecule has 2 aliphatic heterocycles. The van der Waals surface area contributed by atoms with E-state index in [0.29, 0.717) is 5.82 Å². The summed E-state index contributed by atoms with van der Waals surface area (Å²) < 4.78 is 0. The van der Waals surface area contributed by atoms with E-state index >= 15 is 0 Å². The number of piperazine rings is 1. The number of hydrogen-bond acceptors (Lipinski definition) is 6. The van der Waals surface area contributed by atoms with E-state index in [1.54, 1.807) is 6.92 Å². The Balaban J connectivity index is 1.38. The van der Waals surface area contributed by atoms with E-state index in [-0.39, 0.29) is 5.91 Å². The third-order valence-electron chi connectivity index (χ3n) is 6.69. The van der Waals surface area contributed by atoms with Crippen LogP contribution in [-0.2, 0) is 11.2 Å². The quantitative estimate of drug-likeness (QED) is 0.576. The Morgan fingerprint density at radius 3 is 2.48 bits per heavy atom. The van der Waals surface area contributed by atoms with E-state index in [0.717, 1.165) is 78.2 Å². The van der Waals surface area contributed by atoms with E-state index in [1.807, 2.05) is 23.2 Å². The van der Waals surface area contributed by atoms with Gasteiger partial charge in [-0.3, -0.25) is 10.1 Å². The summed E-state index contributed by atoms with van der Waals surface area (Å²) >= 11 is 0. The maximum atomic E-state index is 11.6. The number of nitrogen functional groups attached to an aromatic ring is 1. The van der Waals surface area contributed by atoms with Gasteiger partial charge in [-0.1, -0.05) is 30.3 Å². The van der Waals surface area contributed by atoms with Crippen molar-refractivity contribution in [2.75, 3.05) is 43.4 Å². The van der Waals surface area contributed by atoms with Crippen molar-refractivity contribution in [1.29, 1.82) is 0 Å². The number of aliphatic hydroxyl groups excluding tert-OH is 1. The summed E-state index contributed by atoms with van der Waals surface area (Å²) in [4.78, 5) is 20.2. The first-order valence-corrected chi connectivity index (χ1v) is 11.4. The van der Waals surface area contributed by atoms with Gasteiger partial charge >= 0.3 is 0 Å². The number of nitrogens with two attached hydrogens (primary N) is 1. The van der Waals surface area contributed by atoms with Crippen molar-refractivity contribution in [2.45, 2.75) is 19.6 Å². The van der Waals surface area contributed by atoms with Crippen molar-refractivity contribution in [2.24, 2.45) is 0 Å². The third-order valence-corrected chi connectivity index (χ3v) is 6.69. The first kappa shape index (κ1) is 21.4. The third kappa shape index (κ3) is 4.29. The highest BCUT2D eigenvalue weighted by Gasteiger charge is 2.20. The largest absolute Gasteiger partial charge is 0.383 e. The van der Waals surface area contributed by atoms with Gasteiger partial charge in [0.1, 0.15) is 12.0 Å². The number of nitrogens with zero attached hydrogens (tertiary/aromatic N) is 3. The van der Waals surface area contributed by atoms with Crippen LogP contribution in [0.5, 0.6) is 0 Å². The van der Waals surface area contributed by atoms with E-state index in [1.165, 1.54) is 0 Å². The number of amides is 1. The number of aliphatic hydroxyl groups is 1. The van der Waals surface area contributed by atoms with Gasteiger partial charge in [0.2, 0.25) is 5.91 Å². The van der Waals surface area contributed by atoms with Gasteiger partial charge in [-0.15, -0.1) is 0 Å². The van der Waals surface area contributed by atoms with Gasteiger partial charge in [0.15, 0.2) is 0 Å². The van der Waals surface area contributed by atoms with Gasteiger partial charge in [-0.05, 0) is 46.9 Å². The van der Waals surface area contributed by atoms with E-state index in [4.69, 9.17) is 5.73 Å². The fourth-order valence-electron chi connectivity index (χ4n) is 4.72. The summed E-state index contributed by atoms with van der Waals surface area (Å²) in [5.74, 6) is 0.636. The highest BCUT2D eigenvalue weighted by Crippen LogP contribution is 2.33. The number of nitrogens with one attached hydrogen (secondary N) is 1. The summed E-state index contributed by atoms with van der Waals surface area (Å²) in [6, 6.07) is 16.6. The van der Waals surface area contributed by atoms with Crippen molar-refractivity contribution in [3.05, 3.63) is 65.9 Å². The monoisotopic (exact) mass is 443 g/mol. The Labute approximate surface area is 193 Å². The van der Waals surface area contributed by atoms with Crippen LogP contribution < -0.4 is 16.0 Å². The minimum absolute atomic E-state index is 0.142. The maximum Gasteiger partial charge on any atom is 0.219 e. The van der Waals surface area contributed by atoms with E-state index < -0.39 is 6.23 Å². The zero-order valence-corrected chi connectivity index (χ0v) is 18.8. The Bertz CT molecular complexity index is 1170. The maximum absolute atomic E-state index is 11.6. The molecule has 1 aromatic heterocycles. The summed E-state index contributed by atoms with van der Waals surface area (Å²) in [7, 11) is 0. The second kappa shape index (κ2) is 8.84. The lowest BCUT2D eigenvalue weighted by Gasteiger charge is -2.35. The molecular weight excluding hydrogens is 414 g/mol. The molecule has 1 saturated heterocycles. The lowest BCUT2D eigenvalue weighted by atomic mass is 9.93. The number of fused-ring (bicyclic) bond motifs is 1. The van der Waals surface area contributed by atoms with Crippen LogP contribution >= 0.6 is 0 Å². The molecule has 3 aromatic rings. The first-order chi connectivity index (χ1) is 16.0. The van der Waals surface area contributed by atoms with Crippen LogP contribution in [0.2, 0.25) is 0 Å². The van der Waals surface area contributed by atoms with Crippen LogP contribution in [0.4, 0.5) is 11.5 Å². The topological polar surface area (TPSA) is 94.7 Å². The number of hydrogen-bond donors (Lipinski definition) is 3. The Kier molecular flexibility index (Phi) is 5.74. The SMILES string of the molecule is CC(=O)N1CCN(c2ccc(-c3cnc(N)c(-c4ccc5c(c4)CCNC5O)c3)cc2)CC1. The number of pyridine rings is 1. The van der Waals surface area contributed by atoms with Gasteiger partial charge in [-0.25, -0.2) is 4.98 Å². The zero-order chi connectivity index (χ0) is 22.9. The van der Waals surface area contributed by atoms with E-state index in [9.17, 15) is 9.90 Å². The van der Waals surface area contributed by atoms with E-state index in [2.05, 4.69) is 51.6 Å². The minimum Gasteiger partial charge on any atom is -0.383 e. The standard InChI is InChI=1S/C26H29N5O2/c1-17(32)30-10-12-31(13-11-30)22-5-2-18(3-6-22)21-15-24(25(27)29-16-21)19-4-7-23-20(14-19)8-9-28-26(23)33/h2-7,14-16,26,28,33H,8-13H2,1H3,(H2,27,29). The van der Waals surface area contributed by atoms with Crippen molar-refractivity contribution >= 4 is 17.4 Å². The number of aromatic nitrogens is 1. The highest BCUT2D eigenvalue weighted by molar-refractivity contribution is 5.80. The van der Waals surface area contributed by atoms with Crippen LogP contribution in [0.15, 0.2) is 54.7 Å². The van der Waals surface area contributed by atoms with Crippen molar-refractivity contribution < 1.29 is 9.90 Å². The lowest BCUT2D eigenvalue weighted by molar-refractivity contribution is -0.129. The molecule has 0 spiro atoms. The lowest BCUT2D eigenvalue weighted by Crippen LogP contribution is -2.48.